The molecule has 0 saturated carbocycles. The topological polar surface area (TPSA) is 89.3 Å². The standard InChI is InChI=1S/C25H29N5O3/c1-5-33-19-11-7-6-10-18(19)29-16-17(14-23(29)31)24(32)27-22-15-20(25(2,3)4)28-30(22)21-12-8-9-13-26-21/h6-13,15,17H,5,14,16H2,1-4H3,(H,27,32). The molecule has 1 fully saturated rings. The fourth-order valence-electron chi connectivity index (χ4n) is 3.79. The highest BCUT2D eigenvalue weighted by Crippen LogP contribution is 2.34. The SMILES string of the molecule is CCOc1ccccc1N1CC(C(=O)Nc2cc(C(C)(C)C)nn2-c2ccccn2)CC1=O. The minimum absolute atomic E-state index is 0.101. The number of carbonyl (C=O) groups excluding carboxylic acids is 2. The van der Waals surface area contributed by atoms with Crippen LogP contribution in [0.5, 0.6) is 5.75 Å². The Balaban J connectivity index is 1.57. The normalized spacial score (nSPS) is 16.2. The van der Waals surface area contributed by atoms with Crippen LogP contribution in [0.15, 0.2) is 54.7 Å². The lowest BCUT2D eigenvalue weighted by atomic mass is 9.92. The van der Waals surface area contributed by atoms with E-state index in [2.05, 4.69) is 36.2 Å². The second kappa shape index (κ2) is 9.05. The molecule has 1 aromatic carbocycles. The van der Waals surface area contributed by atoms with E-state index in [4.69, 9.17) is 4.74 Å². The Morgan fingerprint density at radius 1 is 1.18 bits per heavy atom. The van der Waals surface area contributed by atoms with Crippen molar-refractivity contribution in [3.05, 3.63) is 60.4 Å². The third-order valence-electron chi connectivity index (χ3n) is 5.55. The van der Waals surface area contributed by atoms with Crippen molar-refractivity contribution in [2.45, 2.75) is 39.5 Å². The molecule has 0 bridgehead atoms. The van der Waals surface area contributed by atoms with Crippen LogP contribution in [0.2, 0.25) is 0 Å². The Hall–Kier alpha value is -3.68. The molecule has 172 valence electrons. The van der Waals surface area contributed by atoms with E-state index in [0.29, 0.717) is 36.2 Å². The van der Waals surface area contributed by atoms with E-state index in [1.165, 1.54) is 0 Å². The number of aromatic nitrogens is 3. The third kappa shape index (κ3) is 4.74. The van der Waals surface area contributed by atoms with Crippen LogP contribution >= 0.6 is 0 Å². The number of benzene rings is 1. The Morgan fingerprint density at radius 2 is 1.94 bits per heavy atom. The third-order valence-corrected chi connectivity index (χ3v) is 5.55. The summed E-state index contributed by atoms with van der Waals surface area (Å²) in [5.41, 5.74) is 1.31. The molecule has 1 aliphatic heterocycles. The maximum atomic E-state index is 13.2. The van der Waals surface area contributed by atoms with E-state index < -0.39 is 5.92 Å². The summed E-state index contributed by atoms with van der Waals surface area (Å²) in [4.78, 5) is 32.0. The lowest BCUT2D eigenvalue weighted by Gasteiger charge is -2.20. The number of nitrogens with one attached hydrogen (secondary N) is 1. The maximum absolute atomic E-state index is 13.2. The summed E-state index contributed by atoms with van der Waals surface area (Å²) in [7, 11) is 0. The molecular weight excluding hydrogens is 418 g/mol. The van der Waals surface area contributed by atoms with Crippen LogP contribution in [0.25, 0.3) is 5.82 Å². The average Bonchev–Trinajstić information content (AvgIpc) is 3.39. The smallest absolute Gasteiger partial charge is 0.230 e. The van der Waals surface area contributed by atoms with Crippen molar-refractivity contribution in [2.75, 3.05) is 23.4 Å². The Morgan fingerprint density at radius 3 is 2.64 bits per heavy atom. The molecule has 3 heterocycles. The van der Waals surface area contributed by atoms with E-state index in [0.717, 1.165) is 5.69 Å². The van der Waals surface area contributed by atoms with Gasteiger partial charge in [0.15, 0.2) is 5.82 Å². The van der Waals surface area contributed by atoms with E-state index in [9.17, 15) is 9.59 Å². The van der Waals surface area contributed by atoms with Crippen molar-refractivity contribution in [3.8, 4) is 11.6 Å². The van der Waals surface area contributed by atoms with Crippen molar-refractivity contribution >= 4 is 23.3 Å². The summed E-state index contributed by atoms with van der Waals surface area (Å²) in [6, 6.07) is 14.8. The zero-order valence-electron chi connectivity index (χ0n) is 19.4. The first-order valence-corrected chi connectivity index (χ1v) is 11.1. The summed E-state index contributed by atoms with van der Waals surface area (Å²) in [5.74, 6) is 0.963. The zero-order valence-corrected chi connectivity index (χ0v) is 19.4. The highest BCUT2D eigenvalue weighted by atomic mass is 16.5. The van der Waals surface area contributed by atoms with Crippen LogP contribution in [0.4, 0.5) is 11.5 Å². The van der Waals surface area contributed by atoms with Crippen molar-refractivity contribution in [1.29, 1.82) is 0 Å². The lowest BCUT2D eigenvalue weighted by Crippen LogP contribution is -2.29. The number of rotatable bonds is 6. The molecule has 0 radical (unpaired) electrons. The number of para-hydroxylation sites is 2. The van der Waals surface area contributed by atoms with E-state index >= 15 is 0 Å². The second-order valence-electron chi connectivity index (χ2n) is 9.06. The van der Waals surface area contributed by atoms with Crippen LogP contribution in [0, 0.1) is 5.92 Å². The minimum Gasteiger partial charge on any atom is -0.492 e. The quantitative estimate of drug-likeness (QED) is 0.618. The number of amides is 2. The molecule has 1 N–H and O–H groups in total. The zero-order chi connectivity index (χ0) is 23.6. The number of hydrogen-bond acceptors (Lipinski definition) is 5. The van der Waals surface area contributed by atoms with Crippen molar-refractivity contribution in [2.24, 2.45) is 5.92 Å². The number of ether oxygens (including phenoxy) is 1. The molecule has 8 nitrogen and oxygen atoms in total. The minimum atomic E-state index is -0.489. The first-order valence-electron chi connectivity index (χ1n) is 11.1. The highest BCUT2D eigenvalue weighted by Gasteiger charge is 2.37. The van der Waals surface area contributed by atoms with Crippen LogP contribution in [0.3, 0.4) is 0 Å². The summed E-state index contributed by atoms with van der Waals surface area (Å²) >= 11 is 0. The van der Waals surface area contributed by atoms with Gasteiger partial charge in [-0.1, -0.05) is 39.0 Å². The van der Waals surface area contributed by atoms with Gasteiger partial charge in [0.05, 0.1) is 23.9 Å². The highest BCUT2D eigenvalue weighted by molar-refractivity contribution is 6.04. The second-order valence-corrected chi connectivity index (χ2v) is 9.06. The molecular formula is C25H29N5O3. The van der Waals surface area contributed by atoms with Gasteiger partial charge in [-0.05, 0) is 31.2 Å². The lowest BCUT2D eigenvalue weighted by molar-refractivity contribution is -0.122. The molecule has 4 rings (SSSR count). The van der Waals surface area contributed by atoms with Crippen molar-refractivity contribution < 1.29 is 14.3 Å². The summed E-state index contributed by atoms with van der Waals surface area (Å²) in [5, 5.41) is 7.67. The molecule has 2 aromatic heterocycles. The van der Waals surface area contributed by atoms with Gasteiger partial charge in [0.25, 0.3) is 0 Å². The Labute approximate surface area is 193 Å². The summed E-state index contributed by atoms with van der Waals surface area (Å²) in [6.07, 6.45) is 1.82. The van der Waals surface area contributed by atoms with Crippen LogP contribution in [0.1, 0.15) is 39.8 Å². The first-order chi connectivity index (χ1) is 15.8. The fourth-order valence-corrected chi connectivity index (χ4v) is 3.79. The number of carbonyl (C=O) groups is 2. The molecule has 1 unspecified atom stereocenters. The molecule has 2 amide bonds. The molecule has 0 aliphatic carbocycles. The van der Waals surface area contributed by atoms with E-state index in [1.54, 1.807) is 15.8 Å². The number of hydrogen-bond donors (Lipinski definition) is 1. The van der Waals surface area contributed by atoms with E-state index in [-0.39, 0.29) is 23.7 Å². The average molecular weight is 448 g/mol. The van der Waals surface area contributed by atoms with Gasteiger partial charge >= 0.3 is 0 Å². The van der Waals surface area contributed by atoms with Gasteiger partial charge in [-0.3, -0.25) is 9.59 Å². The number of pyridine rings is 1. The van der Waals surface area contributed by atoms with Gasteiger partial charge in [-0.25, -0.2) is 4.98 Å². The number of anilines is 2. The molecule has 8 heteroatoms. The summed E-state index contributed by atoms with van der Waals surface area (Å²) < 4.78 is 7.31. The van der Waals surface area contributed by atoms with Gasteiger partial charge in [0.2, 0.25) is 11.8 Å². The largest absolute Gasteiger partial charge is 0.492 e. The Kier molecular flexibility index (Phi) is 6.18. The fraction of sp³-hybridized carbons (Fsp3) is 0.360. The van der Waals surface area contributed by atoms with Gasteiger partial charge in [-0.15, -0.1) is 0 Å². The van der Waals surface area contributed by atoms with Gasteiger partial charge in [0.1, 0.15) is 11.6 Å². The van der Waals surface area contributed by atoms with Crippen LogP contribution < -0.4 is 15.0 Å². The molecule has 1 aliphatic rings. The molecule has 1 saturated heterocycles. The molecule has 1 atom stereocenters. The monoisotopic (exact) mass is 447 g/mol. The Bertz CT molecular complexity index is 1150. The number of nitrogens with zero attached hydrogens (tertiary/aromatic N) is 4. The van der Waals surface area contributed by atoms with Crippen LogP contribution in [-0.4, -0.2) is 39.7 Å². The molecule has 33 heavy (non-hydrogen) atoms. The first kappa shape index (κ1) is 22.5. The van der Waals surface area contributed by atoms with Gasteiger partial charge in [0, 0.05) is 30.6 Å². The maximum Gasteiger partial charge on any atom is 0.230 e. The van der Waals surface area contributed by atoms with Crippen molar-refractivity contribution in [3.63, 3.8) is 0 Å². The van der Waals surface area contributed by atoms with Crippen molar-refractivity contribution in [1.82, 2.24) is 14.8 Å². The molecule has 3 aromatic rings. The van der Waals surface area contributed by atoms with Crippen LogP contribution in [-0.2, 0) is 15.0 Å². The van der Waals surface area contributed by atoms with E-state index in [1.807, 2.05) is 55.5 Å². The predicted octanol–water partition coefficient (Wildman–Crippen LogP) is 3.96. The predicted molar refractivity (Wildman–Crippen MR) is 127 cm³/mol. The summed E-state index contributed by atoms with van der Waals surface area (Å²) in [6.45, 7) is 8.87. The molecule has 0 spiro atoms. The van der Waals surface area contributed by atoms with Gasteiger partial charge in [-0.2, -0.15) is 9.78 Å². The van der Waals surface area contributed by atoms with Gasteiger partial charge < -0.3 is 15.0 Å².